The van der Waals surface area contributed by atoms with Crippen molar-refractivity contribution >= 4 is 0 Å². The first-order chi connectivity index (χ1) is 10.1. The summed E-state index contributed by atoms with van der Waals surface area (Å²) in [5.41, 5.74) is 1.21. The lowest BCUT2D eigenvalue weighted by Crippen LogP contribution is -2.47. The quantitative estimate of drug-likeness (QED) is 0.746. The van der Waals surface area contributed by atoms with E-state index in [2.05, 4.69) is 31.0 Å². The molecule has 1 saturated heterocycles. The van der Waals surface area contributed by atoms with Crippen molar-refractivity contribution in [3.05, 3.63) is 0 Å². The SMILES string of the molecule is CCCC(C)(CNCC)CN1CCC2(CCCCC2)CC1. The molecule has 0 bridgehead atoms. The molecule has 2 fully saturated rings. The van der Waals surface area contributed by atoms with Gasteiger partial charge in [-0.25, -0.2) is 0 Å². The lowest BCUT2D eigenvalue weighted by atomic mass is 9.68. The summed E-state index contributed by atoms with van der Waals surface area (Å²) in [5, 5.41) is 3.59. The molecule has 0 aromatic rings. The summed E-state index contributed by atoms with van der Waals surface area (Å²) < 4.78 is 0. The van der Waals surface area contributed by atoms with Crippen LogP contribution in [0, 0.1) is 10.8 Å². The molecule has 21 heavy (non-hydrogen) atoms. The molecule has 1 atom stereocenters. The molecule has 1 saturated carbocycles. The van der Waals surface area contributed by atoms with Gasteiger partial charge in [-0.15, -0.1) is 0 Å². The van der Waals surface area contributed by atoms with E-state index >= 15 is 0 Å². The van der Waals surface area contributed by atoms with Crippen LogP contribution in [-0.4, -0.2) is 37.6 Å². The van der Waals surface area contributed by atoms with Gasteiger partial charge in [0.25, 0.3) is 0 Å². The molecule has 0 amide bonds. The van der Waals surface area contributed by atoms with Gasteiger partial charge in [0, 0.05) is 13.1 Å². The molecule has 1 spiro atoms. The van der Waals surface area contributed by atoms with Gasteiger partial charge in [-0.3, -0.25) is 0 Å². The number of rotatable bonds is 7. The average Bonchev–Trinajstić information content (AvgIpc) is 2.49. The predicted octanol–water partition coefficient (Wildman–Crippen LogP) is 4.45. The fourth-order valence-electron chi connectivity index (χ4n) is 4.78. The van der Waals surface area contributed by atoms with Gasteiger partial charge in [0.2, 0.25) is 0 Å². The second kappa shape index (κ2) is 7.97. The second-order valence-electron chi connectivity index (χ2n) is 8.18. The molecule has 0 aromatic carbocycles. The number of likely N-dealkylation sites (tertiary alicyclic amines) is 1. The zero-order chi connectivity index (χ0) is 15.2. The van der Waals surface area contributed by atoms with Crippen molar-refractivity contribution in [3.8, 4) is 0 Å². The maximum Gasteiger partial charge on any atom is 0.00475 e. The second-order valence-corrected chi connectivity index (χ2v) is 8.18. The van der Waals surface area contributed by atoms with E-state index < -0.39 is 0 Å². The van der Waals surface area contributed by atoms with Crippen molar-refractivity contribution in [2.24, 2.45) is 10.8 Å². The van der Waals surface area contributed by atoms with E-state index in [1.165, 1.54) is 84.0 Å². The van der Waals surface area contributed by atoms with Crippen LogP contribution >= 0.6 is 0 Å². The Morgan fingerprint density at radius 2 is 1.67 bits per heavy atom. The van der Waals surface area contributed by atoms with Crippen molar-refractivity contribution in [1.82, 2.24) is 10.2 Å². The van der Waals surface area contributed by atoms with E-state index in [0.717, 1.165) is 12.0 Å². The first-order valence-corrected chi connectivity index (χ1v) is 9.54. The molecule has 0 radical (unpaired) electrons. The standard InChI is InChI=1S/C19H38N2/c1-4-9-18(3,16-20-5-2)17-21-14-12-19(13-15-21)10-7-6-8-11-19/h20H,4-17H2,1-3H3. The van der Waals surface area contributed by atoms with Crippen molar-refractivity contribution in [1.29, 1.82) is 0 Å². The molecule has 2 heteroatoms. The Morgan fingerprint density at radius 1 is 1.00 bits per heavy atom. The third-order valence-corrected chi connectivity index (χ3v) is 6.09. The average molecular weight is 295 g/mol. The fraction of sp³-hybridized carbons (Fsp3) is 1.00. The van der Waals surface area contributed by atoms with Gasteiger partial charge in [0.05, 0.1) is 0 Å². The van der Waals surface area contributed by atoms with E-state index in [1.54, 1.807) is 0 Å². The summed E-state index contributed by atoms with van der Waals surface area (Å²) in [6, 6.07) is 0. The Balaban J connectivity index is 1.82. The Morgan fingerprint density at radius 3 is 2.24 bits per heavy atom. The van der Waals surface area contributed by atoms with Gasteiger partial charge < -0.3 is 10.2 Å². The topological polar surface area (TPSA) is 15.3 Å². The van der Waals surface area contributed by atoms with Crippen LogP contribution in [0.2, 0.25) is 0 Å². The molecular formula is C19H38N2. The molecule has 2 nitrogen and oxygen atoms in total. The van der Waals surface area contributed by atoms with Crippen LogP contribution in [0.25, 0.3) is 0 Å². The Hall–Kier alpha value is -0.0800. The molecular weight excluding hydrogens is 256 g/mol. The molecule has 1 unspecified atom stereocenters. The summed E-state index contributed by atoms with van der Waals surface area (Å²) in [5.74, 6) is 0. The van der Waals surface area contributed by atoms with E-state index in [1.807, 2.05) is 0 Å². The summed E-state index contributed by atoms with van der Waals surface area (Å²) in [4.78, 5) is 2.77. The Kier molecular flexibility index (Phi) is 6.55. The molecule has 2 rings (SSSR count). The Bertz CT molecular complexity index is 286. The van der Waals surface area contributed by atoms with Crippen LogP contribution in [0.3, 0.4) is 0 Å². The number of hydrogen-bond acceptors (Lipinski definition) is 2. The minimum Gasteiger partial charge on any atom is -0.316 e. The highest BCUT2D eigenvalue weighted by atomic mass is 15.1. The minimum atomic E-state index is 0.460. The first-order valence-electron chi connectivity index (χ1n) is 9.54. The predicted molar refractivity (Wildman–Crippen MR) is 92.8 cm³/mol. The molecule has 124 valence electrons. The number of hydrogen-bond donors (Lipinski definition) is 1. The van der Waals surface area contributed by atoms with Crippen molar-refractivity contribution < 1.29 is 0 Å². The van der Waals surface area contributed by atoms with Crippen LogP contribution in [-0.2, 0) is 0 Å². The maximum absolute atomic E-state index is 3.59. The lowest BCUT2D eigenvalue weighted by Gasteiger charge is -2.46. The summed E-state index contributed by atoms with van der Waals surface area (Å²) in [6.07, 6.45) is 13.1. The summed E-state index contributed by atoms with van der Waals surface area (Å²) in [6.45, 7) is 13.3. The van der Waals surface area contributed by atoms with Crippen LogP contribution in [0.1, 0.15) is 78.6 Å². The molecule has 1 N–H and O–H groups in total. The molecule has 1 aliphatic carbocycles. The fourth-order valence-corrected chi connectivity index (χ4v) is 4.78. The van der Waals surface area contributed by atoms with Crippen LogP contribution < -0.4 is 5.32 Å². The monoisotopic (exact) mass is 294 g/mol. The van der Waals surface area contributed by atoms with Crippen LogP contribution in [0.5, 0.6) is 0 Å². The van der Waals surface area contributed by atoms with Gasteiger partial charge in [0.1, 0.15) is 0 Å². The highest BCUT2D eigenvalue weighted by Gasteiger charge is 2.37. The normalized spacial score (nSPS) is 25.9. The smallest absolute Gasteiger partial charge is 0.00475 e. The first kappa shape index (κ1) is 17.3. The van der Waals surface area contributed by atoms with Crippen molar-refractivity contribution in [2.75, 3.05) is 32.7 Å². The van der Waals surface area contributed by atoms with Crippen molar-refractivity contribution in [3.63, 3.8) is 0 Å². The van der Waals surface area contributed by atoms with Crippen LogP contribution in [0.15, 0.2) is 0 Å². The van der Waals surface area contributed by atoms with E-state index in [4.69, 9.17) is 0 Å². The molecule has 2 aliphatic rings. The van der Waals surface area contributed by atoms with E-state index in [-0.39, 0.29) is 0 Å². The van der Waals surface area contributed by atoms with Gasteiger partial charge in [-0.2, -0.15) is 0 Å². The lowest BCUT2D eigenvalue weighted by molar-refractivity contribution is 0.0430. The third kappa shape index (κ3) is 4.96. The molecule has 1 heterocycles. The summed E-state index contributed by atoms with van der Waals surface area (Å²) >= 11 is 0. The molecule has 0 aromatic heterocycles. The maximum atomic E-state index is 3.59. The highest BCUT2D eigenvalue weighted by Crippen LogP contribution is 2.44. The molecule has 1 aliphatic heterocycles. The van der Waals surface area contributed by atoms with Gasteiger partial charge in [-0.05, 0) is 62.6 Å². The van der Waals surface area contributed by atoms with Crippen molar-refractivity contribution in [2.45, 2.75) is 78.6 Å². The third-order valence-electron chi connectivity index (χ3n) is 6.09. The van der Waals surface area contributed by atoms with Gasteiger partial charge in [0.15, 0.2) is 0 Å². The summed E-state index contributed by atoms with van der Waals surface area (Å²) in [7, 11) is 0. The Labute approximate surface area is 133 Å². The largest absolute Gasteiger partial charge is 0.316 e. The van der Waals surface area contributed by atoms with Gasteiger partial charge in [-0.1, -0.05) is 46.5 Å². The zero-order valence-electron chi connectivity index (χ0n) is 14.8. The number of piperidine rings is 1. The highest BCUT2D eigenvalue weighted by molar-refractivity contribution is 4.90. The van der Waals surface area contributed by atoms with Gasteiger partial charge >= 0.3 is 0 Å². The van der Waals surface area contributed by atoms with Crippen LogP contribution in [0.4, 0.5) is 0 Å². The number of nitrogens with zero attached hydrogens (tertiary/aromatic N) is 1. The van der Waals surface area contributed by atoms with E-state index in [9.17, 15) is 0 Å². The van der Waals surface area contributed by atoms with E-state index in [0.29, 0.717) is 5.41 Å². The minimum absolute atomic E-state index is 0.460. The number of nitrogens with one attached hydrogen (secondary N) is 1. The zero-order valence-corrected chi connectivity index (χ0v) is 14.8.